The van der Waals surface area contributed by atoms with Crippen molar-refractivity contribution in [2.24, 2.45) is 0 Å². The lowest BCUT2D eigenvalue weighted by molar-refractivity contribution is 0.188. The van der Waals surface area contributed by atoms with E-state index >= 15 is 0 Å². The van der Waals surface area contributed by atoms with Gasteiger partial charge in [-0.3, -0.25) is 0 Å². The van der Waals surface area contributed by atoms with Crippen molar-refractivity contribution in [2.45, 2.75) is 19.4 Å². The zero-order valence-electron chi connectivity index (χ0n) is 13.9. The molecule has 2 N–H and O–H groups in total. The predicted octanol–water partition coefficient (Wildman–Crippen LogP) is 2.60. The number of fused-ring (bicyclic) bond motifs is 3. The minimum absolute atomic E-state index is 0.415. The van der Waals surface area contributed by atoms with Crippen molar-refractivity contribution in [3.63, 3.8) is 0 Å². The first-order valence-corrected chi connectivity index (χ1v) is 8.29. The van der Waals surface area contributed by atoms with Crippen molar-refractivity contribution in [2.75, 3.05) is 11.9 Å². The fourth-order valence-electron chi connectivity index (χ4n) is 2.99. The molecule has 0 radical (unpaired) electrons. The topological polar surface area (TPSA) is 75.3 Å². The molecule has 4 aromatic rings. The lowest BCUT2D eigenvalue weighted by Gasteiger charge is -2.14. The van der Waals surface area contributed by atoms with E-state index in [-0.39, 0.29) is 0 Å². The van der Waals surface area contributed by atoms with Gasteiger partial charge < -0.3 is 10.4 Å². The molecule has 0 spiro atoms. The first-order valence-electron chi connectivity index (χ1n) is 8.29. The van der Waals surface area contributed by atoms with Gasteiger partial charge in [-0.05, 0) is 12.5 Å². The maximum absolute atomic E-state index is 10.3. The van der Waals surface area contributed by atoms with Crippen LogP contribution in [0.3, 0.4) is 0 Å². The summed E-state index contributed by atoms with van der Waals surface area (Å²) in [4.78, 5) is 0. The monoisotopic (exact) mass is 333 g/mol. The molecule has 6 nitrogen and oxygen atoms in total. The number of aryl methyl sites for hydroxylation is 1. The second-order valence-electron chi connectivity index (χ2n) is 6.10. The molecule has 0 saturated heterocycles. The summed E-state index contributed by atoms with van der Waals surface area (Å²) >= 11 is 0. The van der Waals surface area contributed by atoms with Crippen LogP contribution in [-0.4, -0.2) is 37.6 Å². The van der Waals surface area contributed by atoms with E-state index in [1.807, 2.05) is 61.5 Å². The van der Waals surface area contributed by atoms with Crippen LogP contribution in [0.5, 0.6) is 0 Å². The van der Waals surface area contributed by atoms with Crippen LogP contribution in [0.1, 0.15) is 11.4 Å². The summed E-state index contributed by atoms with van der Waals surface area (Å²) in [6.45, 7) is 2.29. The molecule has 0 aliphatic heterocycles. The average Bonchev–Trinajstić information content (AvgIpc) is 3.02. The van der Waals surface area contributed by atoms with Crippen LogP contribution in [0.4, 0.5) is 5.82 Å². The minimum Gasteiger partial charge on any atom is -0.391 e. The Bertz CT molecular complexity index is 1010. The van der Waals surface area contributed by atoms with E-state index in [1.165, 1.54) is 0 Å². The number of aliphatic hydroxyl groups excluding tert-OH is 1. The van der Waals surface area contributed by atoms with Gasteiger partial charge in [-0.25, -0.2) is 0 Å². The molecular weight excluding hydrogens is 314 g/mol. The van der Waals surface area contributed by atoms with Crippen LogP contribution in [0.15, 0.2) is 54.6 Å². The normalized spacial score (nSPS) is 12.6. The quantitative estimate of drug-likeness (QED) is 0.587. The van der Waals surface area contributed by atoms with E-state index in [0.717, 1.165) is 33.6 Å². The number of anilines is 1. The van der Waals surface area contributed by atoms with Crippen LogP contribution in [0.2, 0.25) is 0 Å². The van der Waals surface area contributed by atoms with E-state index in [2.05, 4.69) is 20.6 Å². The van der Waals surface area contributed by atoms with Gasteiger partial charge in [-0.1, -0.05) is 54.6 Å². The molecule has 2 aromatic heterocycles. The summed E-state index contributed by atoms with van der Waals surface area (Å²) in [5, 5.41) is 28.5. The average molecular weight is 333 g/mol. The van der Waals surface area contributed by atoms with Crippen LogP contribution in [-0.2, 0) is 6.42 Å². The first-order chi connectivity index (χ1) is 12.2. The molecule has 25 heavy (non-hydrogen) atoms. The summed E-state index contributed by atoms with van der Waals surface area (Å²) in [6.07, 6.45) is 0.0975. The van der Waals surface area contributed by atoms with Gasteiger partial charge >= 0.3 is 0 Å². The van der Waals surface area contributed by atoms with Gasteiger partial charge in [0.2, 0.25) is 0 Å². The van der Waals surface area contributed by atoms with E-state index < -0.39 is 6.10 Å². The van der Waals surface area contributed by atoms with Crippen molar-refractivity contribution in [3.05, 3.63) is 66.0 Å². The molecule has 0 fully saturated rings. The zero-order chi connectivity index (χ0) is 17.2. The lowest BCUT2D eigenvalue weighted by atomic mass is 10.1. The van der Waals surface area contributed by atoms with Crippen LogP contribution >= 0.6 is 0 Å². The maximum Gasteiger partial charge on any atom is 0.185 e. The van der Waals surface area contributed by atoms with Gasteiger partial charge in [0.25, 0.3) is 0 Å². The van der Waals surface area contributed by atoms with Crippen molar-refractivity contribution < 1.29 is 5.11 Å². The fourth-order valence-corrected chi connectivity index (χ4v) is 2.99. The molecule has 6 heteroatoms. The van der Waals surface area contributed by atoms with Gasteiger partial charge in [0.05, 0.1) is 6.10 Å². The van der Waals surface area contributed by atoms with Crippen molar-refractivity contribution >= 4 is 22.2 Å². The van der Waals surface area contributed by atoms with Gasteiger partial charge in [0.1, 0.15) is 0 Å². The number of benzene rings is 2. The van der Waals surface area contributed by atoms with Gasteiger partial charge in [-0.2, -0.15) is 4.52 Å². The Labute approximate surface area is 145 Å². The van der Waals surface area contributed by atoms with Crippen LogP contribution < -0.4 is 5.32 Å². The summed E-state index contributed by atoms with van der Waals surface area (Å²) in [5.41, 5.74) is 1.85. The molecule has 1 atom stereocenters. The summed E-state index contributed by atoms with van der Waals surface area (Å²) in [7, 11) is 0. The van der Waals surface area contributed by atoms with E-state index in [0.29, 0.717) is 13.0 Å². The Morgan fingerprint density at radius 3 is 2.52 bits per heavy atom. The minimum atomic E-state index is -0.499. The Balaban J connectivity index is 1.61. The third-order valence-corrected chi connectivity index (χ3v) is 4.24. The molecule has 0 bridgehead atoms. The van der Waals surface area contributed by atoms with Gasteiger partial charge in [-0.15, -0.1) is 15.3 Å². The first kappa shape index (κ1) is 15.5. The number of aromatic nitrogens is 4. The SMILES string of the molecule is Cc1nnc2c3ccccc3c(NC[C@@H](O)Cc3ccccc3)nn12. The largest absolute Gasteiger partial charge is 0.391 e. The standard InChI is InChI=1S/C19H19N5O/c1-13-21-22-19-17-10-6-5-9-16(17)18(23-24(13)19)20-12-15(25)11-14-7-3-2-4-8-14/h2-10,15,25H,11-12H2,1H3,(H,20,23)/t15-/m0/s1. The van der Waals surface area contributed by atoms with Gasteiger partial charge in [0, 0.05) is 23.7 Å². The van der Waals surface area contributed by atoms with Crippen molar-refractivity contribution in [1.29, 1.82) is 0 Å². The number of hydrogen-bond donors (Lipinski definition) is 2. The van der Waals surface area contributed by atoms with E-state index in [1.54, 1.807) is 4.52 Å². The van der Waals surface area contributed by atoms with Crippen molar-refractivity contribution in [3.8, 4) is 0 Å². The third-order valence-electron chi connectivity index (χ3n) is 4.24. The summed E-state index contributed by atoms with van der Waals surface area (Å²) < 4.78 is 1.73. The fraction of sp³-hybridized carbons (Fsp3) is 0.211. The predicted molar refractivity (Wildman–Crippen MR) is 97.7 cm³/mol. The van der Waals surface area contributed by atoms with Gasteiger partial charge in [0.15, 0.2) is 17.3 Å². The highest BCUT2D eigenvalue weighted by Crippen LogP contribution is 2.24. The van der Waals surface area contributed by atoms with Crippen LogP contribution in [0, 0.1) is 6.92 Å². The molecular formula is C19H19N5O. The Hall–Kier alpha value is -2.99. The lowest BCUT2D eigenvalue weighted by Crippen LogP contribution is -2.22. The highest BCUT2D eigenvalue weighted by molar-refractivity contribution is 5.99. The second kappa shape index (κ2) is 6.49. The number of aliphatic hydroxyl groups is 1. The smallest absolute Gasteiger partial charge is 0.185 e. The Kier molecular flexibility index (Phi) is 4.03. The van der Waals surface area contributed by atoms with Crippen LogP contribution in [0.25, 0.3) is 16.4 Å². The molecule has 4 rings (SSSR count). The molecule has 126 valence electrons. The summed E-state index contributed by atoms with van der Waals surface area (Å²) in [6, 6.07) is 17.9. The third kappa shape index (κ3) is 3.04. The Morgan fingerprint density at radius 2 is 1.72 bits per heavy atom. The molecule has 0 aliphatic rings. The molecule has 0 unspecified atom stereocenters. The van der Waals surface area contributed by atoms with E-state index in [9.17, 15) is 5.11 Å². The summed E-state index contributed by atoms with van der Waals surface area (Å²) in [5.74, 6) is 1.45. The number of rotatable bonds is 5. The number of hydrogen-bond acceptors (Lipinski definition) is 5. The number of nitrogens with one attached hydrogen (secondary N) is 1. The second-order valence-corrected chi connectivity index (χ2v) is 6.10. The zero-order valence-corrected chi connectivity index (χ0v) is 13.9. The van der Waals surface area contributed by atoms with E-state index in [4.69, 9.17) is 0 Å². The molecule has 0 saturated carbocycles. The Morgan fingerprint density at radius 1 is 1.00 bits per heavy atom. The molecule has 0 amide bonds. The van der Waals surface area contributed by atoms with Crippen molar-refractivity contribution in [1.82, 2.24) is 19.8 Å². The maximum atomic E-state index is 10.3. The molecule has 2 aromatic carbocycles. The highest BCUT2D eigenvalue weighted by atomic mass is 16.3. The number of nitrogens with zero attached hydrogens (tertiary/aromatic N) is 4. The highest BCUT2D eigenvalue weighted by Gasteiger charge is 2.13. The molecule has 2 heterocycles. The molecule has 0 aliphatic carbocycles.